The van der Waals surface area contributed by atoms with Crippen LogP contribution in [-0.4, -0.2) is 39.9 Å². The molecule has 1 aliphatic heterocycles. The van der Waals surface area contributed by atoms with E-state index in [1.165, 1.54) is 0 Å². The van der Waals surface area contributed by atoms with Crippen molar-refractivity contribution in [3.8, 4) is 0 Å². The highest BCUT2D eigenvalue weighted by Gasteiger charge is 2.30. The molecule has 5 nitrogen and oxygen atoms in total. The van der Waals surface area contributed by atoms with Gasteiger partial charge in [-0.1, -0.05) is 0 Å². The highest BCUT2D eigenvalue weighted by molar-refractivity contribution is 7.85. The number of rotatable bonds is 4. The van der Waals surface area contributed by atoms with E-state index in [4.69, 9.17) is 16.2 Å². The Balaban J connectivity index is 2.45. The summed E-state index contributed by atoms with van der Waals surface area (Å²) in [6.45, 7) is 2.51. The molecule has 1 fully saturated rings. The van der Waals surface area contributed by atoms with Crippen molar-refractivity contribution in [1.29, 1.82) is 0 Å². The smallest absolute Gasteiger partial charge is 0.235 e. The van der Waals surface area contributed by atoms with Gasteiger partial charge in [-0.25, -0.2) is 0 Å². The third kappa shape index (κ3) is 2.76. The molecule has 0 aromatic carbocycles. The van der Waals surface area contributed by atoms with E-state index in [1.807, 2.05) is 6.92 Å². The van der Waals surface area contributed by atoms with Gasteiger partial charge in [0.1, 0.15) is 0 Å². The van der Waals surface area contributed by atoms with E-state index in [0.717, 1.165) is 6.42 Å². The Kier molecular flexibility index (Phi) is 4.03. The zero-order valence-corrected chi connectivity index (χ0v) is 8.96. The summed E-state index contributed by atoms with van der Waals surface area (Å²) in [5.41, 5.74) is 10.4. The van der Waals surface area contributed by atoms with Crippen LogP contribution in [-0.2, 0) is 20.3 Å². The summed E-state index contributed by atoms with van der Waals surface area (Å²) in [5.74, 6) is -0.474. The number of ether oxygens (including phenoxy) is 1. The van der Waals surface area contributed by atoms with Crippen LogP contribution in [0.25, 0.3) is 0 Å². The van der Waals surface area contributed by atoms with Gasteiger partial charge >= 0.3 is 0 Å². The van der Waals surface area contributed by atoms with Gasteiger partial charge in [-0.05, 0) is 13.3 Å². The van der Waals surface area contributed by atoms with E-state index in [0.29, 0.717) is 6.61 Å². The van der Waals surface area contributed by atoms with Gasteiger partial charge in [0.15, 0.2) is 0 Å². The van der Waals surface area contributed by atoms with E-state index in [9.17, 15) is 9.00 Å². The van der Waals surface area contributed by atoms with Crippen LogP contribution in [0.1, 0.15) is 13.3 Å². The SMILES string of the molecule is CC1OCCC1S(=O)CC(N)C(N)=O. The molecule has 1 rings (SSSR count). The first-order valence-corrected chi connectivity index (χ1v) is 5.94. The summed E-state index contributed by atoms with van der Waals surface area (Å²) in [6.07, 6.45) is 0.745. The molecule has 4 N–H and O–H groups in total. The molecule has 4 atom stereocenters. The molecule has 14 heavy (non-hydrogen) atoms. The number of amides is 1. The predicted molar refractivity (Wildman–Crippen MR) is 54.0 cm³/mol. The normalized spacial score (nSPS) is 31.3. The molecule has 0 aromatic rings. The molecule has 0 saturated carbocycles. The number of primary amides is 1. The highest BCUT2D eigenvalue weighted by atomic mass is 32.2. The second kappa shape index (κ2) is 4.86. The summed E-state index contributed by atoms with van der Waals surface area (Å²) in [7, 11) is -1.13. The molecule has 0 bridgehead atoms. The average Bonchev–Trinajstić information content (AvgIpc) is 2.51. The molecule has 0 spiro atoms. The quantitative estimate of drug-likeness (QED) is 0.617. The van der Waals surface area contributed by atoms with Crippen LogP contribution < -0.4 is 11.5 Å². The Morgan fingerprint density at radius 3 is 2.79 bits per heavy atom. The van der Waals surface area contributed by atoms with Crippen molar-refractivity contribution in [2.24, 2.45) is 11.5 Å². The van der Waals surface area contributed by atoms with Crippen molar-refractivity contribution in [2.75, 3.05) is 12.4 Å². The summed E-state index contributed by atoms with van der Waals surface area (Å²) in [5, 5.41) is -0.0135. The van der Waals surface area contributed by atoms with Gasteiger partial charge in [-0.15, -0.1) is 0 Å². The largest absolute Gasteiger partial charge is 0.377 e. The molecule has 0 aliphatic carbocycles. The maximum Gasteiger partial charge on any atom is 0.235 e. The zero-order chi connectivity index (χ0) is 10.7. The molecule has 1 aliphatic rings. The average molecular weight is 220 g/mol. The molecular formula is C8H16N2O3S. The highest BCUT2D eigenvalue weighted by Crippen LogP contribution is 2.18. The monoisotopic (exact) mass is 220 g/mol. The standard InChI is InChI=1S/C8H16N2O3S/c1-5-7(2-3-13-5)14(12)4-6(9)8(10)11/h5-7H,2-4,9H2,1H3,(H2,10,11). The Morgan fingerprint density at radius 2 is 2.36 bits per heavy atom. The lowest BCUT2D eigenvalue weighted by molar-refractivity contribution is -0.118. The van der Waals surface area contributed by atoms with Crippen molar-refractivity contribution in [1.82, 2.24) is 0 Å². The second-order valence-corrected chi connectivity index (χ2v) is 5.16. The van der Waals surface area contributed by atoms with Gasteiger partial charge in [-0.3, -0.25) is 9.00 Å². The van der Waals surface area contributed by atoms with Gasteiger partial charge in [0.2, 0.25) is 5.91 Å². The van der Waals surface area contributed by atoms with Gasteiger partial charge in [0.25, 0.3) is 0 Å². The van der Waals surface area contributed by atoms with Gasteiger partial charge in [-0.2, -0.15) is 0 Å². The molecule has 6 heteroatoms. The summed E-state index contributed by atoms with van der Waals surface area (Å²) < 4.78 is 17.0. The maximum atomic E-state index is 11.7. The fourth-order valence-corrected chi connectivity index (χ4v) is 3.07. The van der Waals surface area contributed by atoms with Crippen LogP contribution in [0, 0.1) is 0 Å². The maximum absolute atomic E-state index is 11.7. The molecule has 82 valence electrons. The van der Waals surface area contributed by atoms with Crippen molar-refractivity contribution in [3.05, 3.63) is 0 Å². The Hall–Kier alpha value is -0.460. The minimum Gasteiger partial charge on any atom is -0.377 e. The first-order chi connectivity index (χ1) is 6.52. The number of carbonyl (C=O) groups excluding carboxylic acids is 1. The summed E-state index contributed by atoms with van der Waals surface area (Å²) >= 11 is 0. The van der Waals surface area contributed by atoms with Crippen molar-refractivity contribution >= 4 is 16.7 Å². The number of nitrogens with two attached hydrogens (primary N) is 2. The van der Waals surface area contributed by atoms with Crippen molar-refractivity contribution in [3.63, 3.8) is 0 Å². The van der Waals surface area contributed by atoms with Crippen LogP contribution in [0.4, 0.5) is 0 Å². The lowest BCUT2D eigenvalue weighted by Gasteiger charge is -2.15. The van der Waals surface area contributed by atoms with Crippen LogP contribution >= 0.6 is 0 Å². The van der Waals surface area contributed by atoms with E-state index < -0.39 is 22.7 Å². The molecule has 4 unspecified atom stereocenters. The van der Waals surface area contributed by atoms with E-state index in [-0.39, 0.29) is 17.1 Å². The van der Waals surface area contributed by atoms with Crippen LogP contribution in [0.3, 0.4) is 0 Å². The van der Waals surface area contributed by atoms with Gasteiger partial charge in [0.05, 0.1) is 17.4 Å². The molecule has 1 saturated heterocycles. The van der Waals surface area contributed by atoms with Crippen LogP contribution in [0.2, 0.25) is 0 Å². The van der Waals surface area contributed by atoms with Crippen molar-refractivity contribution in [2.45, 2.75) is 30.7 Å². The number of hydrogen-bond acceptors (Lipinski definition) is 4. The van der Waals surface area contributed by atoms with Crippen LogP contribution in [0.15, 0.2) is 0 Å². The summed E-state index contributed by atoms with van der Waals surface area (Å²) in [6, 6.07) is -0.816. The van der Waals surface area contributed by atoms with Gasteiger partial charge in [0, 0.05) is 23.2 Å². The number of hydrogen-bond donors (Lipinski definition) is 2. The molecule has 0 aromatic heterocycles. The van der Waals surface area contributed by atoms with E-state index in [1.54, 1.807) is 0 Å². The molecule has 1 amide bonds. The lowest BCUT2D eigenvalue weighted by atomic mass is 10.3. The Morgan fingerprint density at radius 1 is 1.71 bits per heavy atom. The fourth-order valence-electron chi connectivity index (χ4n) is 1.44. The minimum atomic E-state index is -1.13. The summed E-state index contributed by atoms with van der Waals surface area (Å²) in [4.78, 5) is 10.7. The van der Waals surface area contributed by atoms with Crippen molar-refractivity contribution < 1.29 is 13.7 Å². The molecular weight excluding hydrogens is 204 g/mol. The Labute approximate surface area is 85.6 Å². The predicted octanol–water partition coefficient (Wildman–Crippen LogP) is -1.27. The Bertz CT molecular complexity index is 247. The zero-order valence-electron chi connectivity index (χ0n) is 8.14. The minimum absolute atomic E-state index is 0.0135. The lowest BCUT2D eigenvalue weighted by Crippen LogP contribution is -2.43. The van der Waals surface area contributed by atoms with Gasteiger partial charge < -0.3 is 16.2 Å². The van der Waals surface area contributed by atoms with E-state index >= 15 is 0 Å². The fraction of sp³-hybridized carbons (Fsp3) is 0.875. The number of carbonyl (C=O) groups is 1. The first kappa shape index (κ1) is 11.6. The second-order valence-electron chi connectivity index (χ2n) is 3.46. The topological polar surface area (TPSA) is 95.4 Å². The third-order valence-electron chi connectivity index (χ3n) is 2.35. The third-order valence-corrected chi connectivity index (χ3v) is 4.34. The van der Waals surface area contributed by atoms with Crippen LogP contribution in [0.5, 0.6) is 0 Å². The van der Waals surface area contributed by atoms with E-state index in [2.05, 4.69) is 0 Å². The molecule has 1 heterocycles. The first-order valence-electron chi connectivity index (χ1n) is 4.56. The molecule has 0 radical (unpaired) electrons.